The molecule has 4 aliphatic carbocycles. The molecule has 4 aliphatic rings. The van der Waals surface area contributed by atoms with E-state index in [1.54, 1.807) is 37.3 Å². The fraction of sp³-hybridized carbons (Fsp3) is 0.750. The summed E-state index contributed by atoms with van der Waals surface area (Å²) < 4.78 is 6.11. The van der Waals surface area contributed by atoms with Crippen LogP contribution in [0.15, 0.2) is 30.3 Å². The molecule has 0 amide bonds. The van der Waals surface area contributed by atoms with Crippen molar-refractivity contribution in [2.45, 2.75) is 107 Å². The van der Waals surface area contributed by atoms with Crippen LogP contribution in [0, 0.1) is 22.7 Å². The average molecular weight is 489 g/mol. The zero-order valence-corrected chi connectivity index (χ0v) is 21.0. The molecule has 0 aliphatic heterocycles. The number of carbonyl (C=O) groups is 1. The molecule has 10 atom stereocenters. The summed E-state index contributed by atoms with van der Waals surface area (Å²) in [6.07, 6.45) is 0.968. The Labute approximate surface area is 207 Å². The predicted molar refractivity (Wildman–Crippen MR) is 128 cm³/mol. The Bertz CT molecular complexity index is 983. The van der Waals surface area contributed by atoms with Gasteiger partial charge in [0, 0.05) is 0 Å². The van der Waals surface area contributed by atoms with Gasteiger partial charge in [-0.1, -0.05) is 32.0 Å². The third-order valence-corrected chi connectivity index (χ3v) is 11.1. The molecule has 0 aromatic heterocycles. The van der Waals surface area contributed by atoms with Crippen LogP contribution in [-0.2, 0) is 4.74 Å². The third kappa shape index (κ3) is 3.11. The van der Waals surface area contributed by atoms with Crippen LogP contribution >= 0.6 is 0 Å². The first kappa shape index (κ1) is 25.2. The highest BCUT2D eigenvalue weighted by Crippen LogP contribution is 2.72. The van der Waals surface area contributed by atoms with Gasteiger partial charge in [-0.25, -0.2) is 4.79 Å². The number of carbonyl (C=O) groups excluding carboxylic acids is 1. The maximum absolute atomic E-state index is 13.2. The van der Waals surface area contributed by atoms with Gasteiger partial charge >= 0.3 is 5.97 Å². The van der Waals surface area contributed by atoms with Crippen LogP contribution in [0.5, 0.6) is 0 Å². The number of esters is 1. The van der Waals surface area contributed by atoms with Gasteiger partial charge in [-0.3, -0.25) is 0 Å². The summed E-state index contributed by atoms with van der Waals surface area (Å²) >= 11 is 0. The highest BCUT2D eigenvalue weighted by molar-refractivity contribution is 5.89. The molecule has 1 unspecified atom stereocenters. The van der Waals surface area contributed by atoms with E-state index in [-0.39, 0.29) is 42.6 Å². The van der Waals surface area contributed by atoms with E-state index in [0.717, 1.165) is 0 Å². The zero-order valence-electron chi connectivity index (χ0n) is 21.0. The predicted octanol–water partition coefficient (Wildman–Crippen LogP) is 2.57. The first-order valence-corrected chi connectivity index (χ1v) is 13.1. The normalized spacial score (nSPS) is 49.9. The van der Waals surface area contributed by atoms with Gasteiger partial charge in [0.15, 0.2) is 0 Å². The molecule has 0 spiro atoms. The number of ether oxygens (including phenoxy) is 1. The highest BCUT2D eigenvalue weighted by Gasteiger charge is 2.81. The van der Waals surface area contributed by atoms with Crippen LogP contribution in [0.2, 0.25) is 0 Å². The first-order valence-electron chi connectivity index (χ1n) is 13.1. The van der Waals surface area contributed by atoms with E-state index in [2.05, 4.69) is 6.92 Å². The van der Waals surface area contributed by atoms with Crippen molar-refractivity contribution in [2.24, 2.45) is 22.7 Å². The Kier molecular flexibility index (Phi) is 5.74. The van der Waals surface area contributed by atoms with Crippen LogP contribution in [-0.4, -0.2) is 66.6 Å². The van der Waals surface area contributed by atoms with Crippen molar-refractivity contribution in [3.05, 3.63) is 35.9 Å². The summed E-state index contributed by atoms with van der Waals surface area (Å²) in [5, 5.41) is 57.8. The van der Waals surface area contributed by atoms with Crippen molar-refractivity contribution in [1.82, 2.24) is 0 Å². The van der Waals surface area contributed by atoms with Crippen molar-refractivity contribution < 1.29 is 35.1 Å². The van der Waals surface area contributed by atoms with Crippen LogP contribution in [0.1, 0.15) is 82.5 Å². The van der Waals surface area contributed by atoms with E-state index in [1.807, 2.05) is 0 Å². The summed E-state index contributed by atoms with van der Waals surface area (Å²) in [5.74, 6) is -0.753. The van der Waals surface area contributed by atoms with Gasteiger partial charge in [0.25, 0.3) is 0 Å². The van der Waals surface area contributed by atoms with Crippen molar-refractivity contribution in [3.8, 4) is 0 Å². The lowest BCUT2D eigenvalue weighted by Gasteiger charge is -2.69. The number of rotatable bonds is 3. The molecule has 0 bridgehead atoms. The summed E-state index contributed by atoms with van der Waals surface area (Å²) in [4.78, 5) is 13.2. The Morgan fingerprint density at radius 2 is 1.69 bits per heavy atom. The summed E-state index contributed by atoms with van der Waals surface area (Å²) in [7, 11) is 0. The number of fused-ring (bicyclic) bond motifs is 5. The summed E-state index contributed by atoms with van der Waals surface area (Å²) in [5.41, 5.74) is -6.49. The quantitative estimate of drug-likeness (QED) is 0.414. The van der Waals surface area contributed by atoms with Crippen molar-refractivity contribution in [2.75, 3.05) is 0 Å². The lowest BCUT2D eigenvalue weighted by Crippen LogP contribution is -2.79. The molecule has 0 saturated heterocycles. The summed E-state index contributed by atoms with van der Waals surface area (Å²) in [6.45, 7) is 5.29. The van der Waals surface area contributed by atoms with Gasteiger partial charge in [0.1, 0.15) is 17.3 Å². The molecule has 5 rings (SSSR count). The lowest BCUT2D eigenvalue weighted by molar-refractivity contribution is -0.340. The molecule has 194 valence electrons. The van der Waals surface area contributed by atoms with E-state index in [0.29, 0.717) is 37.7 Å². The molecule has 0 radical (unpaired) electrons. The maximum Gasteiger partial charge on any atom is 0.338 e. The number of hydrogen-bond donors (Lipinski definition) is 5. The largest absolute Gasteiger partial charge is 0.458 e. The van der Waals surface area contributed by atoms with Crippen LogP contribution in [0.3, 0.4) is 0 Å². The molecule has 7 heteroatoms. The number of benzene rings is 1. The van der Waals surface area contributed by atoms with Gasteiger partial charge in [-0.05, 0) is 87.7 Å². The molecule has 1 aromatic rings. The molecule has 7 nitrogen and oxygen atoms in total. The number of aliphatic hydroxyl groups excluding tert-OH is 2. The van der Waals surface area contributed by atoms with Gasteiger partial charge in [0.05, 0.1) is 28.8 Å². The monoisotopic (exact) mass is 488 g/mol. The second-order valence-electron chi connectivity index (χ2n) is 12.3. The van der Waals surface area contributed by atoms with Gasteiger partial charge in [-0.15, -0.1) is 0 Å². The molecule has 35 heavy (non-hydrogen) atoms. The Balaban J connectivity index is 1.62. The number of hydrogen-bond acceptors (Lipinski definition) is 7. The summed E-state index contributed by atoms with van der Waals surface area (Å²) in [6, 6.07) is 8.62. The standard InChI is InChI=1S/C28H40O7/c1-17(29)26(32)13-14-28(34)25(26,3)22(35-23(31)18-7-5-4-6-8-18)16-21-24(2)11-10-20(30)15-19(24)9-12-27(21,28)33/h4-8,17,19-22,29-30,32-34H,9-16H2,1-3H3/t17?,19-,20-,21+,22+,24-,25+,26+,27-,28+/m0/s1. The second kappa shape index (κ2) is 7.99. The minimum absolute atomic E-state index is 0.0882. The van der Waals surface area contributed by atoms with Crippen molar-refractivity contribution >= 4 is 5.97 Å². The minimum Gasteiger partial charge on any atom is -0.458 e. The van der Waals surface area contributed by atoms with Gasteiger partial charge in [-0.2, -0.15) is 0 Å². The van der Waals surface area contributed by atoms with E-state index in [4.69, 9.17) is 4.74 Å². The number of aliphatic hydroxyl groups is 5. The zero-order chi connectivity index (χ0) is 25.4. The SMILES string of the molecule is CC(O)[C@]1(O)CC[C@@]2(O)[C@]1(C)[C@H](OC(=O)c1ccccc1)C[C@@H]1[C@@]3(C)CC[C@H](O)C[C@@H]3CC[C@]12O. The second-order valence-corrected chi connectivity index (χ2v) is 12.3. The fourth-order valence-corrected chi connectivity index (χ4v) is 8.87. The maximum atomic E-state index is 13.2. The topological polar surface area (TPSA) is 127 Å². The first-order chi connectivity index (χ1) is 16.3. The molecule has 5 N–H and O–H groups in total. The van der Waals surface area contributed by atoms with Gasteiger partial charge < -0.3 is 30.3 Å². The van der Waals surface area contributed by atoms with Gasteiger partial charge in [0.2, 0.25) is 0 Å². The van der Waals surface area contributed by atoms with E-state index in [9.17, 15) is 30.3 Å². The lowest BCUT2D eigenvalue weighted by atomic mass is 9.40. The van der Waals surface area contributed by atoms with Crippen molar-refractivity contribution in [3.63, 3.8) is 0 Å². The molecule has 4 saturated carbocycles. The minimum atomic E-state index is -1.76. The molecule has 0 heterocycles. The van der Waals surface area contributed by atoms with Crippen LogP contribution in [0.25, 0.3) is 0 Å². The van der Waals surface area contributed by atoms with E-state index in [1.165, 1.54) is 6.92 Å². The Morgan fingerprint density at radius 1 is 1.00 bits per heavy atom. The Morgan fingerprint density at radius 3 is 2.34 bits per heavy atom. The fourth-order valence-electron chi connectivity index (χ4n) is 8.87. The van der Waals surface area contributed by atoms with Crippen molar-refractivity contribution in [1.29, 1.82) is 0 Å². The molecule has 4 fully saturated rings. The highest BCUT2D eigenvalue weighted by atomic mass is 16.5. The third-order valence-electron chi connectivity index (χ3n) is 11.1. The van der Waals surface area contributed by atoms with Crippen LogP contribution in [0.4, 0.5) is 0 Å². The van der Waals surface area contributed by atoms with Crippen LogP contribution < -0.4 is 0 Å². The molecular formula is C28H40O7. The Hall–Kier alpha value is -1.51. The average Bonchev–Trinajstić information content (AvgIpc) is 3.06. The smallest absolute Gasteiger partial charge is 0.338 e. The van der Waals surface area contributed by atoms with E-state index < -0.39 is 40.4 Å². The molecular weight excluding hydrogens is 448 g/mol. The molecule has 1 aromatic carbocycles. The van der Waals surface area contributed by atoms with E-state index >= 15 is 0 Å².